The van der Waals surface area contributed by atoms with Gasteiger partial charge in [0.05, 0.1) is 12.2 Å². The topological polar surface area (TPSA) is 35.5 Å². The summed E-state index contributed by atoms with van der Waals surface area (Å²) in [6, 6.07) is 0. The fraction of sp³-hybridized carbons (Fsp3) is 0.857. The molecule has 0 aromatic heterocycles. The number of ketones is 1. The number of carbonyl (C=O) groups excluding carboxylic acids is 1. The minimum atomic E-state index is -1.95. The Hall–Kier alpha value is -0.236. The zero-order chi connectivity index (χ0) is 20.1. The van der Waals surface area contributed by atoms with E-state index in [9.17, 15) is 4.79 Å². The van der Waals surface area contributed by atoms with Gasteiger partial charge in [0.15, 0.2) is 22.4 Å². The minimum absolute atomic E-state index is 0.0461. The van der Waals surface area contributed by atoms with E-state index in [2.05, 4.69) is 67.7 Å². The summed E-state index contributed by atoms with van der Waals surface area (Å²) < 4.78 is 13.7. The van der Waals surface area contributed by atoms with Crippen molar-refractivity contribution in [2.75, 3.05) is 0 Å². The van der Waals surface area contributed by atoms with Crippen molar-refractivity contribution in [3.8, 4) is 0 Å². The molecule has 5 heteroatoms. The third kappa shape index (κ3) is 4.42. The molecule has 0 N–H and O–H groups in total. The van der Waals surface area contributed by atoms with Crippen LogP contribution in [-0.4, -0.2) is 34.6 Å². The molecular weight excluding hydrogens is 356 g/mol. The highest BCUT2D eigenvalue weighted by Crippen LogP contribution is 2.46. The second-order valence-electron chi connectivity index (χ2n) is 11.3. The molecular formula is C21H40O3Si2. The van der Waals surface area contributed by atoms with Gasteiger partial charge in [-0.3, -0.25) is 4.79 Å². The highest BCUT2D eigenvalue weighted by molar-refractivity contribution is 6.74. The first-order chi connectivity index (χ1) is 11.6. The molecule has 0 bridgehead atoms. The molecule has 0 spiro atoms. The van der Waals surface area contributed by atoms with Gasteiger partial charge in [-0.05, 0) is 66.7 Å². The van der Waals surface area contributed by atoms with Gasteiger partial charge >= 0.3 is 0 Å². The Labute approximate surface area is 163 Å². The molecule has 0 amide bonds. The van der Waals surface area contributed by atoms with Gasteiger partial charge in [0.1, 0.15) is 0 Å². The van der Waals surface area contributed by atoms with Crippen molar-refractivity contribution in [3.05, 3.63) is 11.6 Å². The van der Waals surface area contributed by atoms with Crippen LogP contribution in [0.25, 0.3) is 0 Å². The summed E-state index contributed by atoms with van der Waals surface area (Å²) in [5, 5.41) is 0.315. The predicted molar refractivity (Wildman–Crippen MR) is 115 cm³/mol. The highest BCUT2D eigenvalue weighted by Gasteiger charge is 2.49. The van der Waals surface area contributed by atoms with Crippen molar-refractivity contribution in [2.24, 2.45) is 5.92 Å². The zero-order valence-corrected chi connectivity index (χ0v) is 20.7. The van der Waals surface area contributed by atoms with Gasteiger partial charge in [0.2, 0.25) is 0 Å². The maximum Gasteiger partial charge on any atom is 0.193 e. The van der Waals surface area contributed by atoms with E-state index < -0.39 is 16.6 Å². The van der Waals surface area contributed by atoms with Gasteiger partial charge in [0.25, 0.3) is 0 Å². The molecule has 1 saturated carbocycles. The van der Waals surface area contributed by atoms with E-state index in [1.165, 1.54) is 5.57 Å². The largest absolute Gasteiger partial charge is 0.411 e. The second kappa shape index (κ2) is 6.98. The zero-order valence-electron chi connectivity index (χ0n) is 18.7. The summed E-state index contributed by atoms with van der Waals surface area (Å²) in [6.45, 7) is 22.9. The molecule has 0 saturated heterocycles. The van der Waals surface area contributed by atoms with Crippen LogP contribution in [0.15, 0.2) is 11.6 Å². The molecule has 3 atom stereocenters. The number of rotatable bonds is 4. The molecule has 150 valence electrons. The molecule has 2 rings (SSSR count). The number of hydrogen-bond acceptors (Lipinski definition) is 3. The SMILES string of the molecule is CC(C)(C)[Si](C)(C)O[C@H]1CC[C@H]2CC(=O)C=C2[C@@H]1O[Si](C)(C)C(C)(C)C. The van der Waals surface area contributed by atoms with Crippen LogP contribution < -0.4 is 0 Å². The Morgan fingerprint density at radius 2 is 1.38 bits per heavy atom. The molecule has 0 heterocycles. The Bertz CT molecular complexity index is 579. The van der Waals surface area contributed by atoms with E-state index in [0.717, 1.165) is 12.8 Å². The quantitative estimate of drug-likeness (QED) is 0.540. The summed E-state index contributed by atoms with van der Waals surface area (Å²) in [7, 11) is -3.85. The summed E-state index contributed by atoms with van der Waals surface area (Å²) in [6.07, 6.45) is 4.63. The van der Waals surface area contributed by atoms with Gasteiger partial charge in [-0.2, -0.15) is 0 Å². The van der Waals surface area contributed by atoms with E-state index in [1.54, 1.807) is 0 Å². The molecule has 0 aromatic rings. The van der Waals surface area contributed by atoms with E-state index in [4.69, 9.17) is 8.85 Å². The molecule has 0 aromatic carbocycles. The van der Waals surface area contributed by atoms with Gasteiger partial charge in [-0.15, -0.1) is 0 Å². The lowest BCUT2D eigenvalue weighted by Crippen LogP contribution is -2.54. The van der Waals surface area contributed by atoms with Crippen molar-refractivity contribution in [2.45, 2.75) is 109 Å². The summed E-state index contributed by atoms with van der Waals surface area (Å²) in [5.41, 5.74) is 1.22. The van der Waals surface area contributed by atoms with Crippen LogP contribution in [0, 0.1) is 5.92 Å². The lowest BCUT2D eigenvalue weighted by molar-refractivity contribution is -0.114. The molecule has 26 heavy (non-hydrogen) atoms. The standard InChI is InChI=1S/C21H40O3Si2/c1-20(2,3)25(7,8)23-18-12-11-15-13-16(22)14-17(15)19(18)24-26(9,10)21(4,5)6/h14-15,18-19H,11-13H2,1-10H3/t15-,18-,19-/m0/s1. The Morgan fingerprint density at radius 1 is 0.885 bits per heavy atom. The fourth-order valence-electron chi connectivity index (χ4n) is 3.35. The Morgan fingerprint density at radius 3 is 1.88 bits per heavy atom. The van der Waals surface area contributed by atoms with E-state index in [0.29, 0.717) is 12.3 Å². The molecule has 1 fully saturated rings. The van der Waals surface area contributed by atoms with Gasteiger partial charge in [-0.1, -0.05) is 41.5 Å². The average molecular weight is 397 g/mol. The minimum Gasteiger partial charge on any atom is -0.411 e. The first-order valence-corrected chi connectivity index (χ1v) is 16.0. The van der Waals surface area contributed by atoms with Crippen LogP contribution in [0.5, 0.6) is 0 Å². The van der Waals surface area contributed by atoms with Crippen LogP contribution in [0.1, 0.15) is 60.8 Å². The number of carbonyl (C=O) groups is 1. The summed E-state index contributed by atoms with van der Waals surface area (Å²) in [4.78, 5) is 12.1. The molecule has 2 aliphatic rings. The smallest absolute Gasteiger partial charge is 0.193 e. The molecule has 2 aliphatic carbocycles. The van der Waals surface area contributed by atoms with Crippen LogP contribution in [0.4, 0.5) is 0 Å². The molecule has 3 nitrogen and oxygen atoms in total. The number of allylic oxidation sites excluding steroid dienone is 1. The van der Waals surface area contributed by atoms with Crippen LogP contribution in [0.3, 0.4) is 0 Å². The van der Waals surface area contributed by atoms with Crippen molar-refractivity contribution in [1.82, 2.24) is 0 Å². The monoisotopic (exact) mass is 396 g/mol. The van der Waals surface area contributed by atoms with Crippen molar-refractivity contribution < 1.29 is 13.6 Å². The molecule has 0 unspecified atom stereocenters. The molecule has 0 aliphatic heterocycles. The van der Waals surface area contributed by atoms with E-state index in [-0.39, 0.29) is 28.1 Å². The van der Waals surface area contributed by atoms with Gasteiger partial charge in [-0.25, -0.2) is 0 Å². The van der Waals surface area contributed by atoms with Crippen LogP contribution in [0.2, 0.25) is 36.3 Å². The lowest BCUT2D eigenvalue weighted by atomic mass is 9.82. The first-order valence-electron chi connectivity index (χ1n) is 10.2. The predicted octanol–water partition coefficient (Wildman–Crippen LogP) is 6.08. The second-order valence-corrected chi connectivity index (χ2v) is 20.8. The maximum atomic E-state index is 12.1. The van der Waals surface area contributed by atoms with Crippen molar-refractivity contribution in [1.29, 1.82) is 0 Å². The number of fused-ring (bicyclic) bond motifs is 1. The first kappa shape index (κ1) is 22.1. The van der Waals surface area contributed by atoms with E-state index in [1.807, 2.05) is 6.08 Å². The fourth-order valence-corrected chi connectivity index (χ4v) is 5.98. The summed E-state index contributed by atoms with van der Waals surface area (Å²) >= 11 is 0. The van der Waals surface area contributed by atoms with Crippen LogP contribution >= 0.6 is 0 Å². The molecule has 0 radical (unpaired) electrons. The van der Waals surface area contributed by atoms with Gasteiger partial charge < -0.3 is 8.85 Å². The van der Waals surface area contributed by atoms with E-state index >= 15 is 0 Å². The third-order valence-electron chi connectivity index (χ3n) is 7.19. The third-order valence-corrected chi connectivity index (χ3v) is 16.2. The average Bonchev–Trinajstić information content (AvgIpc) is 2.79. The Kier molecular flexibility index (Phi) is 5.92. The van der Waals surface area contributed by atoms with Crippen LogP contribution in [-0.2, 0) is 13.6 Å². The highest BCUT2D eigenvalue weighted by atomic mass is 28.4. The lowest BCUT2D eigenvalue weighted by Gasteiger charge is -2.48. The normalized spacial score (nSPS) is 28.2. The number of hydrogen-bond donors (Lipinski definition) is 0. The maximum absolute atomic E-state index is 12.1. The summed E-state index contributed by atoms with van der Waals surface area (Å²) in [5.74, 6) is 0.637. The van der Waals surface area contributed by atoms with Crippen molar-refractivity contribution in [3.63, 3.8) is 0 Å². The van der Waals surface area contributed by atoms with Crippen molar-refractivity contribution >= 4 is 22.4 Å². The Balaban J connectivity index is 2.34. The van der Waals surface area contributed by atoms with Gasteiger partial charge in [0, 0.05) is 6.42 Å².